The smallest absolute Gasteiger partial charge is 0.190 e. The summed E-state index contributed by atoms with van der Waals surface area (Å²) in [5.41, 5.74) is 0. The Morgan fingerprint density at radius 1 is 1.32 bits per heavy atom. The summed E-state index contributed by atoms with van der Waals surface area (Å²) in [6.45, 7) is 0. The number of hydrogen-bond acceptors (Lipinski definition) is 5. The minimum atomic E-state index is -3.24. The van der Waals surface area contributed by atoms with Crippen LogP contribution >= 0.6 is 27.7 Å². The van der Waals surface area contributed by atoms with Gasteiger partial charge in [-0.05, 0) is 24.3 Å². The van der Waals surface area contributed by atoms with Crippen molar-refractivity contribution >= 4 is 37.5 Å². The van der Waals surface area contributed by atoms with Crippen molar-refractivity contribution in [2.24, 2.45) is 7.05 Å². The van der Waals surface area contributed by atoms with Gasteiger partial charge >= 0.3 is 0 Å². The fraction of sp³-hybridized carbons (Fsp3) is 0.273. The van der Waals surface area contributed by atoms with E-state index < -0.39 is 9.84 Å². The topological polar surface area (TPSA) is 64.8 Å². The van der Waals surface area contributed by atoms with Crippen molar-refractivity contribution in [3.05, 3.63) is 35.1 Å². The lowest BCUT2D eigenvalue weighted by atomic mass is 10.4. The van der Waals surface area contributed by atoms with Gasteiger partial charge in [0, 0.05) is 17.3 Å². The number of hydrogen-bond donors (Lipinski definition) is 0. The first-order valence-corrected chi connectivity index (χ1v) is 8.87. The standard InChI is InChI=1S/C11H12BrN3O2S2/c1-15-8-13-14-11(15)18-6-7-19(16,17)10-4-2-9(12)3-5-10/h2-5,8H,6-7H2,1H3. The van der Waals surface area contributed by atoms with Crippen LogP contribution in [0.25, 0.3) is 0 Å². The first-order chi connectivity index (χ1) is 8.99. The second-order valence-electron chi connectivity index (χ2n) is 3.85. The lowest BCUT2D eigenvalue weighted by Crippen LogP contribution is -2.09. The average molecular weight is 362 g/mol. The van der Waals surface area contributed by atoms with Crippen LogP contribution in [0.5, 0.6) is 0 Å². The van der Waals surface area contributed by atoms with E-state index in [4.69, 9.17) is 0 Å². The van der Waals surface area contributed by atoms with E-state index in [1.807, 2.05) is 7.05 Å². The van der Waals surface area contributed by atoms with Crippen molar-refractivity contribution in [3.63, 3.8) is 0 Å². The molecule has 2 rings (SSSR count). The van der Waals surface area contributed by atoms with Gasteiger partial charge in [-0.1, -0.05) is 27.7 Å². The van der Waals surface area contributed by atoms with E-state index in [1.54, 1.807) is 35.2 Å². The third-order valence-electron chi connectivity index (χ3n) is 2.43. The molecule has 0 fully saturated rings. The molecule has 2 aromatic rings. The third-order valence-corrected chi connectivity index (χ3v) is 5.98. The highest BCUT2D eigenvalue weighted by molar-refractivity contribution is 9.10. The van der Waals surface area contributed by atoms with Gasteiger partial charge in [0.2, 0.25) is 0 Å². The number of aryl methyl sites for hydroxylation is 1. The molecule has 5 nitrogen and oxygen atoms in total. The number of benzene rings is 1. The van der Waals surface area contributed by atoms with Crippen LogP contribution in [0.3, 0.4) is 0 Å². The van der Waals surface area contributed by atoms with Crippen molar-refractivity contribution in [2.75, 3.05) is 11.5 Å². The van der Waals surface area contributed by atoms with Gasteiger partial charge in [-0.2, -0.15) is 0 Å². The third kappa shape index (κ3) is 3.80. The van der Waals surface area contributed by atoms with Gasteiger partial charge in [0.15, 0.2) is 15.0 Å². The quantitative estimate of drug-likeness (QED) is 0.763. The van der Waals surface area contributed by atoms with Crippen molar-refractivity contribution in [2.45, 2.75) is 10.1 Å². The van der Waals surface area contributed by atoms with Crippen LogP contribution < -0.4 is 0 Å². The van der Waals surface area contributed by atoms with E-state index in [2.05, 4.69) is 26.1 Å². The lowest BCUT2D eigenvalue weighted by Gasteiger charge is -2.04. The van der Waals surface area contributed by atoms with Crippen LogP contribution in [0.1, 0.15) is 0 Å². The van der Waals surface area contributed by atoms with Crippen LogP contribution in [-0.4, -0.2) is 34.7 Å². The van der Waals surface area contributed by atoms with E-state index in [-0.39, 0.29) is 5.75 Å². The van der Waals surface area contributed by atoms with Crippen LogP contribution in [-0.2, 0) is 16.9 Å². The molecule has 0 saturated heterocycles. The molecule has 0 N–H and O–H groups in total. The minimum Gasteiger partial charge on any atom is -0.312 e. The number of nitrogens with zero attached hydrogens (tertiary/aromatic N) is 3. The Bertz CT molecular complexity index is 653. The molecule has 0 aliphatic heterocycles. The Morgan fingerprint density at radius 2 is 2.00 bits per heavy atom. The first kappa shape index (κ1) is 14.5. The molecule has 0 atom stereocenters. The minimum absolute atomic E-state index is 0.0756. The largest absolute Gasteiger partial charge is 0.312 e. The van der Waals surface area contributed by atoms with E-state index in [0.29, 0.717) is 15.8 Å². The Balaban J connectivity index is 1.98. The molecule has 1 heterocycles. The molecular weight excluding hydrogens is 350 g/mol. The fourth-order valence-electron chi connectivity index (χ4n) is 1.41. The van der Waals surface area contributed by atoms with E-state index >= 15 is 0 Å². The fourth-order valence-corrected chi connectivity index (χ4v) is 4.21. The SMILES string of the molecule is Cn1cnnc1SCCS(=O)(=O)c1ccc(Br)cc1. The summed E-state index contributed by atoms with van der Waals surface area (Å²) in [6, 6.07) is 6.66. The Labute approximate surface area is 124 Å². The van der Waals surface area contributed by atoms with Crippen molar-refractivity contribution in [1.82, 2.24) is 14.8 Å². The number of aromatic nitrogens is 3. The summed E-state index contributed by atoms with van der Waals surface area (Å²) in [7, 11) is -1.42. The molecule has 0 saturated carbocycles. The second kappa shape index (κ2) is 6.06. The van der Waals surface area contributed by atoms with Crippen molar-refractivity contribution < 1.29 is 8.42 Å². The molecule has 0 aliphatic carbocycles. The van der Waals surface area contributed by atoms with Gasteiger partial charge in [-0.25, -0.2) is 8.42 Å². The van der Waals surface area contributed by atoms with Crippen LogP contribution in [0.4, 0.5) is 0 Å². The molecule has 8 heteroatoms. The number of halogens is 1. The Hall–Kier alpha value is -0.860. The maximum Gasteiger partial charge on any atom is 0.190 e. The molecule has 0 spiro atoms. The highest BCUT2D eigenvalue weighted by Gasteiger charge is 2.14. The molecular formula is C11H12BrN3O2S2. The zero-order valence-corrected chi connectivity index (χ0v) is 13.4. The summed E-state index contributed by atoms with van der Waals surface area (Å²) >= 11 is 4.66. The van der Waals surface area contributed by atoms with E-state index in [1.165, 1.54) is 11.8 Å². The van der Waals surface area contributed by atoms with Gasteiger partial charge in [-0.15, -0.1) is 10.2 Å². The molecule has 102 valence electrons. The number of rotatable bonds is 5. The predicted octanol–water partition coefficient (Wildman–Crippen LogP) is 2.14. The summed E-state index contributed by atoms with van der Waals surface area (Å²) in [6.07, 6.45) is 1.59. The first-order valence-electron chi connectivity index (χ1n) is 5.44. The summed E-state index contributed by atoms with van der Waals surface area (Å²) in [4.78, 5) is 0.342. The monoisotopic (exact) mass is 361 g/mol. The van der Waals surface area contributed by atoms with E-state index in [0.717, 1.165) is 4.47 Å². The Kier molecular flexibility index (Phi) is 4.64. The molecule has 0 unspecified atom stereocenters. The number of thioether (sulfide) groups is 1. The molecule has 1 aromatic heterocycles. The highest BCUT2D eigenvalue weighted by Crippen LogP contribution is 2.19. The summed E-state index contributed by atoms with van der Waals surface area (Å²) < 4.78 is 26.8. The van der Waals surface area contributed by atoms with Gasteiger partial charge < -0.3 is 4.57 Å². The zero-order valence-electron chi connectivity index (χ0n) is 10.2. The van der Waals surface area contributed by atoms with Crippen molar-refractivity contribution in [3.8, 4) is 0 Å². The van der Waals surface area contributed by atoms with Crippen LogP contribution in [0, 0.1) is 0 Å². The van der Waals surface area contributed by atoms with E-state index in [9.17, 15) is 8.42 Å². The normalized spacial score (nSPS) is 11.7. The average Bonchev–Trinajstić information content (AvgIpc) is 2.75. The van der Waals surface area contributed by atoms with Crippen molar-refractivity contribution in [1.29, 1.82) is 0 Å². The maximum absolute atomic E-state index is 12.1. The molecule has 0 aliphatic rings. The van der Waals surface area contributed by atoms with Gasteiger partial charge in [0.05, 0.1) is 10.6 Å². The molecule has 0 amide bonds. The molecule has 19 heavy (non-hydrogen) atoms. The zero-order chi connectivity index (χ0) is 13.9. The van der Waals surface area contributed by atoms with Gasteiger partial charge in [-0.3, -0.25) is 0 Å². The molecule has 0 radical (unpaired) electrons. The molecule has 0 bridgehead atoms. The number of sulfone groups is 1. The summed E-state index contributed by atoms with van der Waals surface area (Å²) in [5, 5.41) is 8.35. The van der Waals surface area contributed by atoms with Crippen LogP contribution in [0.15, 0.2) is 45.1 Å². The van der Waals surface area contributed by atoms with Crippen LogP contribution in [0.2, 0.25) is 0 Å². The second-order valence-corrected chi connectivity index (χ2v) is 7.93. The lowest BCUT2D eigenvalue weighted by molar-refractivity contribution is 0.597. The van der Waals surface area contributed by atoms with Gasteiger partial charge in [0.1, 0.15) is 6.33 Å². The highest BCUT2D eigenvalue weighted by atomic mass is 79.9. The summed E-state index contributed by atoms with van der Waals surface area (Å²) in [5.74, 6) is 0.525. The maximum atomic E-state index is 12.1. The Morgan fingerprint density at radius 3 is 2.58 bits per heavy atom. The van der Waals surface area contributed by atoms with Gasteiger partial charge in [0.25, 0.3) is 0 Å². The molecule has 1 aromatic carbocycles. The predicted molar refractivity (Wildman–Crippen MR) is 77.9 cm³/mol.